The molecule has 0 saturated heterocycles. The number of hydrogen-bond donors (Lipinski definition) is 3. The first-order valence-electron chi connectivity index (χ1n) is 8.77. The highest BCUT2D eigenvalue weighted by atomic mass is 32.2. The number of amides is 3. The molecule has 0 aromatic heterocycles. The molecule has 3 amide bonds. The molecule has 0 unspecified atom stereocenters. The van der Waals surface area contributed by atoms with Gasteiger partial charge >= 0.3 is 0 Å². The van der Waals surface area contributed by atoms with Crippen LogP contribution in [-0.4, -0.2) is 29.6 Å². The van der Waals surface area contributed by atoms with Crippen molar-refractivity contribution in [2.75, 3.05) is 11.9 Å². The van der Waals surface area contributed by atoms with Gasteiger partial charge in [0, 0.05) is 11.3 Å². The third-order valence-electron chi connectivity index (χ3n) is 4.18. The van der Waals surface area contributed by atoms with Crippen molar-refractivity contribution < 1.29 is 19.1 Å². The molecule has 0 spiro atoms. The molecule has 2 aromatic carbocycles. The standard InChI is InChI=1S/C20H21N3O4S/c1-12-6-5-7-13(2)19(12)27-11-18(25)23-22-17(24)10-16-20(26)21-14-8-3-4-9-15(14)28-16/h3-9,16H,10-11H2,1-2H3,(H,21,26)(H,22,24)(H,23,25)/t16-/m0/s1. The summed E-state index contributed by atoms with van der Waals surface area (Å²) in [6.45, 7) is 3.57. The molecule has 146 valence electrons. The minimum atomic E-state index is -0.558. The van der Waals surface area contributed by atoms with Gasteiger partial charge in [-0.05, 0) is 37.1 Å². The van der Waals surface area contributed by atoms with Gasteiger partial charge in [-0.1, -0.05) is 30.3 Å². The molecule has 7 nitrogen and oxygen atoms in total. The first-order chi connectivity index (χ1) is 13.4. The third kappa shape index (κ3) is 4.83. The molecule has 0 aliphatic carbocycles. The summed E-state index contributed by atoms with van der Waals surface area (Å²) >= 11 is 1.33. The average molecular weight is 399 g/mol. The van der Waals surface area contributed by atoms with Gasteiger partial charge in [-0.25, -0.2) is 0 Å². The summed E-state index contributed by atoms with van der Waals surface area (Å²) in [6, 6.07) is 13.1. The fourth-order valence-corrected chi connectivity index (χ4v) is 3.90. The summed E-state index contributed by atoms with van der Waals surface area (Å²) in [6.07, 6.45) is -0.0527. The second-order valence-electron chi connectivity index (χ2n) is 6.40. The number of ether oxygens (including phenoxy) is 1. The fourth-order valence-electron chi connectivity index (χ4n) is 2.79. The van der Waals surface area contributed by atoms with E-state index in [1.165, 1.54) is 11.8 Å². The molecule has 1 atom stereocenters. The van der Waals surface area contributed by atoms with Crippen LogP contribution in [0.5, 0.6) is 5.75 Å². The average Bonchev–Trinajstić information content (AvgIpc) is 2.66. The van der Waals surface area contributed by atoms with Crippen LogP contribution in [0.3, 0.4) is 0 Å². The molecular formula is C20H21N3O4S. The van der Waals surface area contributed by atoms with Gasteiger partial charge in [0.25, 0.3) is 5.91 Å². The number of thioether (sulfide) groups is 1. The van der Waals surface area contributed by atoms with E-state index in [2.05, 4.69) is 16.2 Å². The van der Waals surface area contributed by atoms with Gasteiger partial charge in [-0.3, -0.25) is 25.2 Å². The van der Waals surface area contributed by atoms with Crippen LogP contribution in [0.1, 0.15) is 17.5 Å². The zero-order valence-electron chi connectivity index (χ0n) is 15.6. The minimum absolute atomic E-state index is 0.0527. The van der Waals surface area contributed by atoms with E-state index in [9.17, 15) is 14.4 Å². The van der Waals surface area contributed by atoms with Crippen LogP contribution in [0.4, 0.5) is 5.69 Å². The lowest BCUT2D eigenvalue weighted by atomic mass is 10.1. The van der Waals surface area contributed by atoms with E-state index in [1.807, 2.05) is 56.3 Å². The number of fused-ring (bicyclic) bond motifs is 1. The number of para-hydroxylation sites is 2. The predicted octanol–water partition coefficient (Wildman–Crippen LogP) is 2.33. The van der Waals surface area contributed by atoms with Crippen molar-refractivity contribution in [3.05, 3.63) is 53.6 Å². The second kappa shape index (κ2) is 8.79. The number of hydrazine groups is 1. The lowest BCUT2D eigenvalue weighted by Gasteiger charge is -2.23. The molecule has 0 bridgehead atoms. The highest BCUT2D eigenvalue weighted by molar-refractivity contribution is 8.01. The van der Waals surface area contributed by atoms with Gasteiger partial charge < -0.3 is 10.1 Å². The van der Waals surface area contributed by atoms with Crippen molar-refractivity contribution in [1.82, 2.24) is 10.9 Å². The largest absolute Gasteiger partial charge is 0.483 e. The molecule has 3 N–H and O–H groups in total. The zero-order chi connectivity index (χ0) is 20.1. The molecule has 0 saturated carbocycles. The molecular weight excluding hydrogens is 378 g/mol. The van der Waals surface area contributed by atoms with Gasteiger partial charge in [0.2, 0.25) is 11.8 Å². The second-order valence-corrected chi connectivity index (χ2v) is 7.65. The summed E-state index contributed by atoms with van der Waals surface area (Å²) in [5, 5.41) is 2.22. The molecule has 0 radical (unpaired) electrons. The Morgan fingerprint density at radius 2 is 1.71 bits per heavy atom. The van der Waals surface area contributed by atoms with Crippen LogP contribution in [0.25, 0.3) is 0 Å². The van der Waals surface area contributed by atoms with Crippen LogP contribution in [-0.2, 0) is 14.4 Å². The zero-order valence-corrected chi connectivity index (χ0v) is 16.4. The Labute approximate surface area is 167 Å². The summed E-state index contributed by atoms with van der Waals surface area (Å²) in [4.78, 5) is 37.1. The van der Waals surface area contributed by atoms with Gasteiger partial charge in [0.05, 0.1) is 10.9 Å². The van der Waals surface area contributed by atoms with E-state index in [-0.39, 0.29) is 18.9 Å². The van der Waals surface area contributed by atoms with Crippen LogP contribution in [0.15, 0.2) is 47.4 Å². The van der Waals surface area contributed by atoms with Crippen LogP contribution >= 0.6 is 11.8 Å². The fraction of sp³-hybridized carbons (Fsp3) is 0.250. The Kier molecular flexibility index (Phi) is 6.20. The Morgan fingerprint density at radius 1 is 1.04 bits per heavy atom. The highest BCUT2D eigenvalue weighted by Crippen LogP contribution is 2.36. The Morgan fingerprint density at radius 3 is 2.46 bits per heavy atom. The highest BCUT2D eigenvalue weighted by Gasteiger charge is 2.28. The smallest absolute Gasteiger partial charge is 0.276 e. The number of nitrogens with one attached hydrogen (secondary N) is 3. The summed E-state index contributed by atoms with van der Waals surface area (Å²) in [7, 11) is 0. The quantitative estimate of drug-likeness (QED) is 0.671. The number of benzene rings is 2. The summed E-state index contributed by atoms with van der Waals surface area (Å²) in [5.41, 5.74) is 7.24. The number of carbonyl (C=O) groups is 3. The van der Waals surface area contributed by atoms with Gasteiger partial charge in [-0.2, -0.15) is 0 Å². The predicted molar refractivity (Wildman–Crippen MR) is 107 cm³/mol. The van der Waals surface area contributed by atoms with E-state index in [4.69, 9.17) is 4.74 Å². The van der Waals surface area contributed by atoms with Crippen molar-refractivity contribution in [2.24, 2.45) is 0 Å². The molecule has 2 aromatic rings. The van der Waals surface area contributed by atoms with Gasteiger partial charge in [0.15, 0.2) is 6.61 Å². The normalized spacial score (nSPS) is 15.2. The molecule has 28 heavy (non-hydrogen) atoms. The Bertz CT molecular complexity index is 896. The molecule has 1 heterocycles. The molecule has 8 heteroatoms. The van der Waals surface area contributed by atoms with E-state index >= 15 is 0 Å². The van der Waals surface area contributed by atoms with E-state index in [0.717, 1.165) is 21.7 Å². The summed E-state index contributed by atoms with van der Waals surface area (Å²) in [5.74, 6) is -0.518. The maximum Gasteiger partial charge on any atom is 0.276 e. The van der Waals surface area contributed by atoms with Crippen LogP contribution in [0.2, 0.25) is 0 Å². The Hall–Kier alpha value is -3.00. The SMILES string of the molecule is Cc1cccc(C)c1OCC(=O)NNC(=O)C[C@@H]1Sc2ccccc2NC1=O. The number of hydrogen-bond acceptors (Lipinski definition) is 5. The van der Waals surface area contributed by atoms with E-state index < -0.39 is 17.1 Å². The lowest BCUT2D eigenvalue weighted by Crippen LogP contribution is -2.45. The lowest BCUT2D eigenvalue weighted by molar-refractivity contribution is -0.130. The topological polar surface area (TPSA) is 96.5 Å². The van der Waals surface area contributed by atoms with Gasteiger partial charge in [0.1, 0.15) is 5.75 Å². The molecule has 1 aliphatic heterocycles. The van der Waals surface area contributed by atoms with Crippen molar-refractivity contribution in [2.45, 2.75) is 30.4 Å². The number of anilines is 1. The maximum absolute atomic E-state index is 12.1. The first kappa shape index (κ1) is 19.8. The van der Waals surface area contributed by atoms with Crippen molar-refractivity contribution in [3.8, 4) is 5.75 Å². The number of aryl methyl sites for hydroxylation is 2. The van der Waals surface area contributed by atoms with Crippen molar-refractivity contribution >= 4 is 35.2 Å². The van der Waals surface area contributed by atoms with Crippen LogP contribution in [0, 0.1) is 13.8 Å². The molecule has 1 aliphatic rings. The summed E-state index contributed by atoms with van der Waals surface area (Å²) < 4.78 is 5.54. The van der Waals surface area contributed by atoms with E-state index in [0.29, 0.717) is 5.75 Å². The van der Waals surface area contributed by atoms with Crippen molar-refractivity contribution in [1.29, 1.82) is 0 Å². The van der Waals surface area contributed by atoms with E-state index in [1.54, 1.807) is 0 Å². The molecule has 3 rings (SSSR count). The first-order valence-corrected chi connectivity index (χ1v) is 9.65. The minimum Gasteiger partial charge on any atom is -0.483 e. The number of rotatable bonds is 5. The molecule has 0 fully saturated rings. The maximum atomic E-state index is 12.1. The monoisotopic (exact) mass is 399 g/mol. The Balaban J connectivity index is 1.45. The third-order valence-corrected chi connectivity index (χ3v) is 5.45. The van der Waals surface area contributed by atoms with Gasteiger partial charge in [-0.15, -0.1) is 11.8 Å². The van der Waals surface area contributed by atoms with Crippen LogP contribution < -0.4 is 20.9 Å². The number of carbonyl (C=O) groups excluding carboxylic acids is 3. The van der Waals surface area contributed by atoms with Crippen molar-refractivity contribution in [3.63, 3.8) is 0 Å².